The normalized spacial score (nSPS) is 20.3. The van der Waals surface area contributed by atoms with Gasteiger partial charge in [-0.05, 0) is 56.7 Å². The molecule has 0 atom stereocenters. The van der Waals surface area contributed by atoms with Crippen LogP contribution in [0.1, 0.15) is 33.3 Å². The van der Waals surface area contributed by atoms with Gasteiger partial charge in [0.1, 0.15) is 11.5 Å². The van der Waals surface area contributed by atoms with E-state index in [4.69, 9.17) is 9.31 Å². The van der Waals surface area contributed by atoms with Crippen molar-refractivity contribution in [1.82, 2.24) is 0 Å². The molecular formula is C18H19BF2O2. The predicted octanol–water partition coefficient (Wildman–Crippen LogP) is 4.92. The maximum atomic E-state index is 14.5. The number of hydrogen-bond donors (Lipinski definition) is 0. The zero-order valence-electron chi connectivity index (χ0n) is 13.7. The molecule has 5 heteroatoms. The minimum Gasteiger partial charge on any atom is -0.398 e. The summed E-state index contributed by atoms with van der Waals surface area (Å²) < 4.78 is 40.0. The fourth-order valence-corrected chi connectivity index (χ4v) is 2.51. The number of benzene rings is 2. The van der Waals surface area contributed by atoms with Crippen molar-refractivity contribution in [3.8, 4) is 0 Å². The SMILES string of the molecule is CC1(C)OB(C(F)=Cc2cc3ccccc3cc2F)OC1(C)C. The Balaban J connectivity index is 1.94. The van der Waals surface area contributed by atoms with E-state index in [1.165, 1.54) is 6.07 Å². The van der Waals surface area contributed by atoms with Crippen LogP contribution >= 0.6 is 0 Å². The largest absolute Gasteiger partial charge is 0.525 e. The molecule has 0 aromatic heterocycles. The lowest BCUT2D eigenvalue weighted by atomic mass is 9.86. The van der Waals surface area contributed by atoms with Crippen LogP contribution in [0.25, 0.3) is 16.8 Å². The molecule has 2 nitrogen and oxygen atoms in total. The van der Waals surface area contributed by atoms with Crippen LogP contribution in [0.3, 0.4) is 0 Å². The maximum absolute atomic E-state index is 14.5. The monoisotopic (exact) mass is 316 g/mol. The average molecular weight is 316 g/mol. The predicted molar refractivity (Wildman–Crippen MR) is 89.1 cm³/mol. The zero-order chi connectivity index (χ0) is 16.8. The van der Waals surface area contributed by atoms with Crippen molar-refractivity contribution in [3.05, 3.63) is 53.5 Å². The first-order valence-electron chi connectivity index (χ1n) is 7.61. The number of rotatable bonds is 2. The molecule has 0 aliphatic carbocycles. The molecule has 0 spiro atoms. The Morgan fingerprint density at radius 3 is 2.09 bits per heavy atom. The topological polar surface area (TPSA) is 18.5 Å². The molecule has 0 bridgehead atoms. The second kappa shape index (κ2) is 5.43. The van der Waals surface area contributed by atoms with E-state index in [0.29, 0.717) is 0 Å². The Morgan fingerprint density at radius 2 is 1.52 bits per heavy atom. The Labute approximate surface area is 135 Å². The van der Waals surface area contributed by atoms with Gasteiger partial charge in [0.2, 0.25) is 0 Å². The molecular weight excluding hydrogens is 297 g/mol. The Bertz CT molecular complexity index is 768. The molecule has 120 valence electrons. The maximum Gasteiger partial charge on any atom is 0.525 e. The molecule has 0 amide bonds. The van der Waals surface area contributed by atoms with Crippen LogP contribution in [0.15, 0.2) is 42.1 Å². The lowest BCUT2D eigenvalue weighted by Gasteiger charge is -2.32. The molecule has 0 saturated carbocycles. The molecule has 1 heterocycles. The van der Waals surface area contributed by atoms with E-state index in [1.807, 2.05) is 52.0 Å². The van der Waals surface area contributed by atoms with Crippen molar-refractivity contribution >= 4 is 24.0 Å². The molecule has 1 aliphatic rings. The van der Waals surface area contributed by atoms with Crippen molar-refractivity contribution < 1.29 is 18.1 Å². The molecule has 2 aromatic rings. The van der Waals surface area contributed by atoms with Crippen molar-refractivity contribution in [2.24, 2.45) is 0 Å². The molecule has 0 radical (unpaired) electrons. The van der Waals surface area contributed by atoms with Gasteiger partial charge in [0.05, 0.1) is 11.2 Å². The van der Waals surface area contributed by atoms with E-state index in [1.54, 1.807) is 6.07 Å². The van der Waals surface area contributed by atoms with Gasteiger partial charge in [0.15, 0.2) is 0 Å². The van der Waals surface area contributed by atoms with E-state index in [-0.39, 0.29) is 5.56 Å². The number of halogens is 2. The van der Waals surface area contributed by atoms with Crippen LogP contribution in [-0.4, -0.2) is 18.3 Å². The fraction of sp³-hybridized carbons (Fsp3) is 0.333. The average Bonchev–Trinajstić information content (AvgIpc) is 2.68. The van der Waals surface area contributed by atoms with Crippen LogP contribution in [0, 0.1) is 5.82 Å². The highest BCUT2D eigenvalue weighted by Crippen LogP contribution is 2.39. The van der Waals surface area contributed by atoms with Crippen LogP contribution in [-0.2, 0) is 9.31 Å². The van der Waals surface area contributed by atoms with Crippen molar-refractivity contribution in [2.45, 2.75) is 38.9 Å². The van der Waals surface area contributed by atoms with E-state index in [0.717, 1.165) is 16.8 Å². The summed E-state index contributed by atoms with van der Waals surface area (Å²) in [5.74, 6) is -0.477. The summed E-state index contributed by atoms with van der Waals surface area (Å²) in [5, 5.41) is 1.63. The van der Waals surface area contributed by atoms with Gasteiger partial charge in [-0.25, -0.2) is 8.78 Å². The molecule has 0 unspecified atom stereocenters. The molecule has 23 heavy (non-hydrogen) atoms. The Kier molecular flexibility index (Phi) is 3.81. The highest BCUT2D eigenvalue weighted by atomic mass is 19.1. The third-order valence-electron chi connectivity index (χ3n) is 4.64. The van der Waals surface area contributed by atoms with Crippen LogP contribution in [0.4, 0.5) is 8.78 Å². The highest BCUT2D eigenvalue weighted by Gasteiger charge is 2.53. The Hall–Kier alpha value is -1.72. The lowest BCUT2D eigenvalue weighted by Crippen LogP contribution is -2.41. The molecule has 1 aliphatic heterocycles. The summed E-state index contributed by atoms with van der Waals surface area (Å²) in [6.45, 7) is 7.38. The fourth-order valence-electron chi connectivity index (χ4n) is 2.51. The van der Waals surface area contributed by atoms with Crippen LogP contribution < -0.4 is 0 Å². The van der Waals surface area contributed by atoms with Gasteiger partial charge in [-0.1, -0.05) is 24.3 Å². The first-order valence-corrected chi connectivity index (χ1v) is 7.61. The van der Waals surface area contributed by atoms with Gasteiger partial charge in [-0.2, -0.15) is 0 Å². The van der Waals surface area contributed by atoms with Gasteiger partial charge in [-0.15, -0.1) is 0 Å². The van der Waals surface area contributed by atoms with Crippen LogP contribution in [0.5, 0.6) is 0 Å². The van der Waals surface area contributed by atoms with E-state index in [2.05, 4.69) is 0 Å². The molecule has 1 saturated heterocycles. The molecule has 3 rings (SSSR count). The summed E-state index contributed by atoms with van der Waals surface area (Å²) in [4.78, 5) is 0. The van der Waals surface area contributed by atoms with Gasteiger partial charge in [0, 0.05) is 5.56 Å². The lowest BCUT2D eigenvalue weighted by molar-refractivity contribution is 0.00578. The van der Waals surface area contributed by atoms with Gasteiger partial charge in [0.25, 0.3) is 0 Å². The standard InChI is InChI=1S/C18H19BF2O2/c1-17(2)18(3,4)23-19(22-17)16(21)11-14-9-12-7-5-6-8-13(12)10-15(14)20/h5-11H,1-4H3. The first kappa shape index (κ1) is 16.2. The van der Waals surface area contributed by atoms with E-state index < -0.39 is 29.9 Å². The summed E-state index contributed by atoms with van der Waals surface area (Å²) >= 11 is 0. The van der Waals surface area contributed by atoms with Crippen LogP contribution in [0.2, 0.25) is 0 Å². The van der Waals surface area contributed by atoms with Gasteiger partial charge >= 0.3 is 7.12 Å². The van der Waals surface area contributed by atoms with Gasteiger partial charge < -0.3 is 9.31 Å². The minimum absolute atomic E-state index is 0.177. The highest BCUT2D eigenvalue weighted by molar-refractivity contribution is 6.54. The third-order valence-corrected chi connectivity index (χ3v) is 4.64. The first-order chi connectivity index (χ1) is 10.7. The smallest absolute Gasteiger partial charge is 0.398 e. The van der Waals surface area contributed by atoms with Crippen molar-refractivity contribution in [2.75, 3.05) is 0 Å². The zero-order valence-corrected chi connectivity index (χ0v) is 13.7. The summed E-state index contributed by atoms with van der Waals surface area (Å²) in [7, 11) is -1.12. The second-order valence-corrected chi connectivity index (χ2v) is 6.84. The third kappa shape index (κ3) is 2.91. The Morgan fingerprint density at radius 1 is 1.00 bits per heavy atom. The van der Waals surface area contributed by atoms with E-state index >= 15 is 0 Å². The summed E-state index contributed by atoms with van der Waals surface area (Å²) in [6.07, 6.45) is 1.14. The van der Waals surface area contributed by atoms with Gasteiger partial charge in [-0.3, -0.25) is 0 Å². The second-order valence-electron chi connectivity index (χ2n) is 6.84. The van der Waals surface area contributed by atoms with Crippen molar-refractivity contribution in [3.63, 3.8) is 0 Å². The molecule has 1 fully saturated rings. The number of fused-ring (bicyclic) bond motifs is 1. The summed E-state index contributed by atoms with van der Waals surface area (Å²) in [6, 6.07) is 10.4. The molecule has 0 N–H and O–H groups in total. The quantitative estimate of drug-likeness (QED) is 0.732. The summed E-state index contributed by atoms with van der Waals surface area (Å²) in [5.41, 5.74) is -1.73. The number of hydrogen-bond acceptors (Lipinski definition) is 2. The molecule has 2 aromatic carbocycles. The van der Waals surface area contributed by atoms with E-state index in [9.17, 15) is 8.78 Å². The minimum atomic E-state index is -1.12. The van der Waals surface area contributed by atoms with Crippen molar-refractivity contribution in [1.29, 1.82) is 0 Å².